The van der Waals surface area contributed by atoms with E-state index in [-0.39, 0.29) is 42.9 Å². The van der Waals surface area contributed by atoms with Gasteiger partial charge in [-0.2, -0.15) is 13.2 Å². The van der Waals surface area contributed by atoms with Crippen molar-refractivity contribution in [3.05, 3.63) is 92.1 Å². The third kappa shape index (κ3) is 9.35. The topological polar surface area (TPSA) is 81.0 Å². The summed E-state index contributed by atoms with van der Waals surface area (Å²) >= 11 is 0. The Morgan fingerprint density at radius 2 is 1.72 bits per heavy atom. The first kappa shape index (κ1) is 38.7. The maximum atomic E-state index is 15.9. The van der Waals surface area contributed by atoms with Crippen molar-refractivity contribution in [2.75, 3.05) is 26.2 Å². The second kappa shape index (κ2) is 16.3. The molecule has 4 rings (SSSR count). The normalized spacial score (nSPS) is 15.4. The molecule has 2 atom stereocenters. The van der Waals surface area contributed by atoms with Crippen molar-refractivity contribution in [2.24, 2.45) is 16.8 Å². The highest BCUT2D eigenvalue weighted by atomic mass is 19.4. The average molecular weight is 698 g/mol. The highest BCUT2D eigenvalue weighted by Gasteiger charge is 2.36. The highest BCUT2D eigenvalue weighted by molar-refractivity contribution is 5.91. The minimum atomic E-state index is -4.75. The van der Waals surface area contributed by atoms with Gasteiger partial charge in [-0.15, -0.1) is 0 Å². The Morgan fingerprint density at radius 3 is 2.30 bits per heavy atom. The Morgan fingerprint density at radius 1 is 1.06 bits per heavy atom. The molecule has 3 aromatic rings. The minimum Gasteiger partial charge on any atom is -0.466 e. The van der Waals surface area contributed by atoms with E-state index in [4.69, 9.17) is 4.74 Å². The standard InChI is InChI=1S/C39H47F4N3O4/c1-8-50-35(48)17-30(31-16-29(15-27(7)37(31)40)36-25(5)10-9-11-26(36)6)19-44-38(49)33(14-23(2)3)46-22-28(12-13-45-20-24(4)21-45)32(18-34(46)47)39(41,42)43/h9-11,15-16,18-19,22-24,30,33H,8,12-14,17,20-21H2,1-7H3/b44-19+. The molecule has 0 bridgehead atoms. The van der Waals surface area contributed by atoms with Gasteiger partial charge in [0.1, 0.15) is 11.9 Å². The number of aryl methyl sites for hydroxylation is 3. The van der Waals surface area contributed by atoms with Crippen LogP contribution in [-0.4, -0.2) is 53.8 Å². The molecule has 50 heavy (non-hydrogen) atoms. The fraction of sp³-hybridized carbons (Fsp3) is 0.487. The average Bonchev–Trinajstić information content (AvgIpc) is 3.01. The lowest BCUT2D eigenvalue weighted by molar-refractivity contribution is -0.143. The van der Waals surface area contributed by atoms with Gasteiger partial charge in [0.2, 0.25) is 0 Å². The van der Waals surface area contributed by atoms with Crippen molar-refractivity contribution in [1.29, 1.82) is 0 Å². The maximum Gasteiger partial charge on any atom is 0.416 e. The van der Waals surface area contributed by atoms with Crippen molar-refractivity contribution in [3.8, 4) is 11.1 Å². The number of hydrogen-bond acceptors (Lipinski definition) is 5. The number of esters is 1. The number of aliphatic imine (C=N–C) groups is 1. The zero-order valence-corrected chi connectivity index (χ0v) is 29.9. The first-order valence-corrected chi connectivity index (χ1v) is 17.1. The molecule has 11 heteroatoms. The van der Waals surface area contributed by atoms with Gasteiger partial charge in [-0.25, -0.2) is 9.38 Å². The third-order valence-electron chi connectivity index (χ3n) is 9.15. The number of benzene rings is 2. The molecule has 1 saturated heterocycles. The number of amides is 1. The number of hydrogen-bond donors (Lipinski definition) is 0. The fourth-order valence-corrected chi connectivity index (χ4v) is 6.74. The lowest BCUT2D eigenvalue weighted by Gasteiger charge is -2.37. The fourth-order valence-electron chi connectivity index (χ4n) is 6.74. The van der Waals surface area contributed by atoms with Crippen LogP contribution in [0.15, 0.2) is 52.4 Å². The Bertz CT molecular complexity index is 1770. The summed E-state index contributed by atoms with van der Waals surface area (Å²) in [5, 5.41) is 0. The number of likely N-dealkylation sites (tertiary alicyclic amines) is 1. The van der Waals surface area contributed by atoms with Gasteiger partial charge in [-0.1, -0.05) is 39.0 Å². The monoisotopic (exact) mass is 697 g/mol. The SMILES string of the molecule is CCOC(=O)CC(/C=N/C(=O)C(CC(C)C)n1cc(CCN2CC(C)C2)c(C(F)(F)F)cc1=O)c1cc(-c2c(C)cccc2C)cc(C)c1F. The van der Waals surface area contributed by atoms with Crippen LogP contribution in [0.1, 0.15) is 85.9 Å². The van der Waals surface area contributed by atoms with Gasteiger partial charge in [-0.3, -0.25) is 14.4 Å². The van der Waals surface area contributed by atoms with Crippen LogP contribution in [0.2, 0.25) is 0 Å². The summed E-state index contributed by atoms with van der Waals surface area (Å²) < 4.78 is 64.3. The summed E-state index contributed by atoms with van der Waals surface area (Å²) in [7, 11) is 0. The Labute approximate surface area is 291 Å². The van der Waals surface area contributed by atoms with Crippen LogP contribution >= 0.6 is 0 Å². The van der Waals surface area contributed by atoms with Gasteiger partial charge in [0.25, 0.3) is 11.5 Å². The Kier molecular flexibility index (Phi) is 12.6. The predicted octanol–water partition coefficient (Wildman–Crippen LogP) is 8.01. The van der Waals surface area contributed by atoms with Crippen LogP contribution in [-0.2, 0) is 26.9 Å². The molecule has 1 fully saturated rings. The summed E-state index contributed by atoms with van der Waals surface area (Å²) in [6.07, 6.45) is -2.57. The van der Waals surface area contributed by atoms with E-state index in [1.54, 1.807) is 26.0 Å². The Hall–Kier alpha value is -4.12. The van der Waals surface area contributed by atoms with Crippen LogP contribution in [0.25, 0.3) is 11.1 Å². The van der Waals surface area contributed by atoms with Crippen LogP contribution in [0, 0.1) is 38.4 Å². The molecule has 0 radical (unpaired) electrons. The maximum absolute atomic E-state index is 15.9. The molecule has 7 nitrogen and oxygen atoms in total. The summed E-state index contributed by atoms with van der Waals surface area (Å²) in [6.45, 7) is 14.9. The van der Waals surface area contributed by atoms with E-state index in [9.17, 15) is 27.6 Å². The van der Waals surface area contributed by atoms with Gasteiger partial charge in [0.15, 0.2) is 0 Å². The number of ether oxygens (including phenoxy) is 1. The van der Waals surface area contributed by atoms with Crippen molar-refractivity contribution in [2.45, 2.75) is 85.9 Å². The molecule has 1 amide bonds. The van der Waals surface area contributed by atoms with Crippen LogP contribution < -0.4 is 5.56 Å². The summed E-state index contributed by atoms with van der Waals surface area (Å²) in [5.41, 5.74) is 2.01. The zero-order chi connectivity index (χ0) is 36.9. The molecule has 2 heterocycles. The van der Waals surface area contributed by atoms with Gasteiger partial charge < -0.3 is 14.2 Å². The number of carbonyl (C=O) groups is 2. The van der Waals surface area contributed by atoms with Crippen molar-refractivity contribution in [1.82, 2.24) is 9.47 Å². The van der Waals surface area contributed by atoms with Crippen LogP contribution in [0.3, 0.4) is 0 Å². The smallest absolute Gasteiger partial charge is 0.416 e. The molecule has 1 aliphatic rings. The molecule has 0 aliphatic carbocycles. The molecule has 0 saturated carbocycles. The predicted molar refractivity (Wildman–Crippen MR) is 187 cm³/mol. The minimum absolute atomic E-state index is 0.0463. The van der Waals surface area contributed by atoms with Gasteiger partial charge in [0, 0.05) is 44.0 Å². The lowest BCUT2D eigenvalue weighted by Crippen LogP contribution is -2.46. The number of halogens is 4. The molecular formula is C39H47F4N3O4. The molecule has 2 aromatic carbocycles. The highest BCUT2D eigenvalue weighted by Crippen LogP contribution is 2.35. The second-order valence-corrected chi connectivity index (χ2v) is 13.9. The largest absolute Gasteiger partial charge is 0.466 e. The first-order valence-electron chi connectivity index (χ1n) is 17.1. The van der Waals surface area contributed by atoms with Gasteiger partial charge in [-0.05, 0) is 103 Å². The number of nitrogens with zero attached hydrogens (tertiary/aromatic N) is 3. The van der Waals surface area contributed by atoms with Crippen molar-refractivity contribution >= 4 is 18.1 Å². The lowest BCUT2D eigenvalue weighted by atomic mass is 9.88. The second-order valence-electron chi connectivity index (χ2n) is 13.9. The van der Waals surface area contributed by atoms with E-state index < -0.39 is 47.0 Å². The number of aromatic nitrogens is 1. The molecule has 0 N–H and O–H groups in total. The molecule has 1 aliphatic heterocycles. The molecule has 1 aromatic heterocycles. The number of pyridine rings is 1. The van der Waals surface area contributed by atoms with E-state index in [2.05, 4.69) is 11.9 Å². The summed E-state index contributed by atoms with van der Waals surface area (Å²) in [6, 6.07) is 8.54. The third-order valence-corrected chi connectivity index (χ3v) is 9.15. The number of rotatable bonds is 13. The first-order chi connectivity index (χ1) is 23.5. The summed E-state index contributed by atoms with van der Waals surface area (Å²) in [4.78, 5) is 46.1. The molecule has 2 unspecified atom stereocenters. The van der Waals surface area contributed by atoms with E-state index in [0.29, 0.717) is 24.1 Å². The van der Waals surface area contributed by atoms with E-state index in [1.807, 2.05) is 50.8 Å². The van der Waals surface area contributed by atoms with Crippen LogP contribution in [0.5, 0.6) is 0 Å². The van der Waals surface area contributed by atoms with Crippen molar-refractivity contribution in [3.63, 3.8) is 0 Å². The van der Waals surface area contributed by atoms with Crippen LogP contribution in [0.4, 0.5) is 17.6 Å². The molecule has 0 spiro atoms. The zero-order valence-electron chi connectivity index (χ0n) is 29.9. The number of alkyl halides is 3. The Balaban J connectivity index is 1.76. The molecule has 270 valence electrons. The van der Waals surface area contributed by atoms with Gasteiger partial charge >= 0.3 is 12.1 Å². The quantitative estimate of drug-likeness (QED) is 0.103. The van der Waals surface area contributed by atoms with Gasteiger partial charge in [0.05, 0.1) is 18.6 Å². The van der Waals surface area contributed by atoms with Crippen molar-refractivity contribution < 1.29 is 31.9 Å². The molecular weight excluding hydrogens is 650 g/mol. The van der Waals surface area contributed by atoms with E-state index in [0.717, 1.165) is 46.1 Å². The summed E-state index contributed by atoms with van der Waals surface area (Å²) in [5.74, 6) is -2.66. The van der Waals surface area contributed by atoms with E-state index >= 15 is 4.39 Å². The number of carbonyl (C=O) groups excluding carboxylic acids is 2. The van der Waals surface area contributed by atoms with E-state index in [1.165, 1.54) is 6.21 Å².